The maximum Gasteiger partial charge on any atom is 0.125 e. The number of nitrogens with one attached hydrogen (secondary N) is 1. The molecule has 0 fully saturated rings. The molecule has 0 aliphatic rings. The molecule has 0 bridgehead atoms. The molecular weight excluding hydrogens is 236 g/mol. The van der Waals surface area contributed by atoms with Gasteiger partial charge in [0.2, 0.25) is 0 Å². The minimum atomic E-state index is 0.699. The van der Waals surface area contributed by atoms with Crippen molar-refractivity contribution >= 4 is 0 Å². The molecule has 0 aliphatic heterocycles. The lowest BCUT2D eigenvalue weighted by Gasteiger charge is -2.13. The third-order valence-corrected chi connectivity index (χ3v) is 2.97. The highest BCUT2D eigenvalue weighted by molar-refractivity contribution is 5.41. The summed E-state index contributed by atoms with van der Waals surface area (Å²) in [5.74, 6) is 1.03. The zero-order valence-corrected chi connectivity index (χ0v) is 12.0. The zero-order valence-electron chi connectivity index (χ0n) is 12.0. The second kappa shape index (κ2) is 9.59. The van der Waals surface area contributed by atoms with Crippen molar-refractivity contribution in [3.05, 3.63) is 42.0 Å². The molecule has 106 valence electrons. The van der Waals surface area contributed by atoms with Gasteiger partial charge in [-0.25, -0.2) is 0 Å². The predicted octanol–water partition coefficient (Wildman–Crippen LogP) is 2.43. The van der Waals surface area contributed by atoms with E-state index in [2.05, 4.69) is 37.0 Å². The number of unbranched alkanes of at least 4 members (excludes halogenated alkanes) is 1. The van der Waals surface area contributed by atoms with Gasteiger partial charge in [-0.05, 0) is 43.9 Å². The summed E-state index contributed by atoms with van der Waals surface area (Å²) >= 11 is 0. The lowest BCUT2D eigenvalue weighted by atomic mass is 10.1. The molecule has 1 aromatic rings. The molecule has 0 spiro atoms. The average Bonchev–Trinajstić information content (AvgIpc) is 2.41. The molecule has 3 N–H and O–H groups in total. The van der Waals surface area contributed by atoms with Crippen molar-refractivity contribution in [3.63, 3.8) is 0 Å². The van der Waals surface area contributed by atoms with Gasteiger partial charge in [-0.15, -0.1) is 6.58 Å². The van der Waals surface area contributed by atoms with Crippen LogP contribution in [-0.2, 0) is 6.42 Å². The zero-order chi connectivity index (χ0) is 13.9. The fourth-order valence-corrected chi connectivity index (χ4v) is 1.99. The number of allylic oxidation sites excluding steroid dienone is 1. The first-order valence-electron chi connectivity index (χ1n) is 7.02. The summed E-state index contributed by atoms with van der Waals surface area (Å²) in [5.41, 5.74) is 7.83. The summed E-state index contributed by atoms with van der Waals surface area (Å²) < 4.78 is 5.93. The average molecular weight is 262 g/mol. The lowest BCUT2D eigenvalue weighted by molar-refractivity contribution is 0.301. The van der Waals surface area contributed by atoms with E-state index in [1.165, 1.54) is 11.1 Å². The highest BCUT2D eigenvalue weighted by Gasteiger charge is 2.05. The summed E-state index contributed by atoms with van der Waals surface area (Å²) in [6.45, 7) is 9.24. The first kappa shape index (κ1) is 15.7. The van der Waals surface area contributed by atoms with Crippen molar-refractivity contribution in [2.45, 2.75) is 26.2 Å². The number of benzene rings is 1. The minimum Gasteiger partial charge on any atom is -0.493 e. The van der Waals surface area contributed by atoms with E-state index in [1.54, 1.807) is 0 Å². The molecule has 3 heteroatoms. The molecule has 0 saturated heterocycles. The van der Waals surface area contributed by atoms with E-state index in [1.807, 2.05) is 6.08 Å². The van der Waals surface area contributed by atoms with Crippen LogP contribution in [0, 0.1) is 6.92 Å². The molecule has 0 atom stereocenters. The molecule has 0 heterocycles. The first-order valence-corrected chi connectivity index (χ1v) is 7.02. The predicted molar refractivity (Wildman–Crippen MR) is 81.7 cm³/mol. The quantitative estimate of drug-likeness (QED) is 0.503. The standard InChI is InChI=1S/C16H26N2O/c1-3-7-15-9-6-8-14(2)16(15)19-13-5-4-11-18-12-10-17/h3,6,8-9,18H,1,4-5,7,10-13,17H2,2H3. The number of hydrogen-bond acceptors (Lipinski definition) is 3. The summed E-state index contributed by atoms with van der Waals surface area (Å²) in [7, 11) is 0. The van der Waals surface area contributed by atoms with Gasteiger partial charge in [-0.3, -0.25) is 0 Å². The Kier molecular flexibility index (Phi) is 7.94. The smallest absolute Gasteiger partial charge is 0.125 e. The van der Waals surface area contributed by atoms with Gasteiger partial charge in [0.25, 0.3) is 0 Å². The Bertz CT molecular complexity index is 377. The lowest BCUT2D eigenvalue weighted by Crippen LogP contribution is -2.23. The third kappa shape index (κ3) is 5.90. The Labute approximate surface area is 116 Å². The van der Waals surface area contributed by atoms with Crippen molar-refractivity contribution < 1.29 is 4.74 Å². The van der Waals surface area contributed by atoms with Crippen LogP contribution in [0.4, 0.5) is 0 Å². The van der Waals surface area contributed by atoms with E-state index in [9.17, 15) is 0 Å². The molecule has 19 heavy (non-hydrogen) atoms. The van der Waals surface area contributed by atoms with E-state index in [-0.39, 0.29) is 0 Å². The van der Waals surface area contributed by atoms with E-state index in [4.69, 9.17) is 10.5 Å². The SMILES string of the molecule is C=CCc1cccc(C)c1OCCCCNCCN. The van der Waals surface area contributed by atoms with Crippen LogP contribution in [0.1, 0.15) is 24.0 Å². The molecule has 0 saturated carbocycles. The van der Waals surface area contributed by atoms with Crippen LogP contribution in [0.2, 0.25) is 0 Å². The van der Waals surface area contributed by atoms with Crippen LogP contribution in [0.5, 0.6) is 5.75 Å². The summed E-state index contributed by atoms with van der Waals surface area (Å²) in [6, 6.07) is 6.26. The highest BCUT2D eigenvalue weighted by Crippen LogP contribution is 2.24. The van der Waals surface area contributed by atoms with Gasteiger partial charge in [0.1, 0.15) is 5.75 Å². The highest BCUT2D eigenvalue weighted by atomic mass is 16.5. The summed E-state index contributed by atoms with van der Waals surface area (Å²) in [5, 5.41) is 3.28. The largest absolute Gasteiger partial charge is 0.493 e. The van der Waals surface area contributed by atoms with Crippen molar-refractivity contribution in [1.29, 1.82) is 0 Å². The van der Waals surface area contributed by atoms with Crippen molar-refractivity contribution in [2.75, 3.05) is 26.2 Å². The Balaban J connectivity index is 2.34. The number of para-hydroxylation sites is 1. The number of rotatable bonds is 10. The minimum absolute atomic E-state index is 0.699. The van der Waals surface area contributed by atoms with Gasteiger partial charge >= 0.3 is 0 Å². The van der Waals surface area contributed by atoms with Gasteiger partial charge in [-0.2, -0.15) is 0 Å². The normalized spacial score (nSPS) is 10.4. The van der Waals surface area contributed by atoms with Crippen LogP contribution in [0.15, 0.2) is 30.9 Å². The molecule has 1 aromatic carbocycles. The van der Waals surface area contributed by atoms with Crippen LogP contribution in [-0.4, -0.2) is 26.2 Å². The molecule has 0 radical (unpaired) electrons. The number of hydrogen-bond donors (Lipinski definition) is 2. The molecular formula is C16H26N2O. The molecule has 1 rings (SSSR count). The molecule has 3 nitrogen and oxygen atoms in total. The van der Waals surface area contributed by atoms with E-state index >= 15 is 0 Å². The number of ether oxygens (including phenoxy) is 1. The van der Waals surface area contributed by atoms with Gasteiger partial charge in [0.05, 0.1) is 6.61 Å². The second-order valence-electron chi connectivity index (χ2n) is 4.65. The topological polar surface area (TPSA) is 47.3 Å². The van der Waals surface area contributed by atoms with Crippen LogP contribution in [0.3, 0.4) is 0 Å². The maximum atomic E-state index is 5.93. The second-order valence-corrected chi connectivity index (χ2v) is 4.65. The fourth-order valence-electron chi connectivity index (χ4n) is 1.99. The van der Waals surface area contributed by atoms with Crippen molar-refractivity contribution in [2.24, 2.45) is 5.73 Å². The Hall–Kier alpha value is -1.32. The summed E-state index contributed by atoms with van der Waals surface area (Å²) in [4.78, 5) is 0. The van der Waals surface area contributed by atoms with Gasteiger partial charge < -0.3 is 15.8 Å². The Morgan fingerprint density at radius 1 is 1.32 bits per heavy atom. The van der Waals surface area contributed by atoms with Crippen LogP contribution in [0.25, 0.3) is 0 Å². The first-order chi connectivity index (χ1) is 9.29. The third-order valence-electron chi connectivity index (χ3n) is 2.97. The van der Waals surface area contributed by atoms with Gasteiger partial charge in [-0.1, -0.05) is 24.3 Å². The Morgan fingerprint density at radius 3 is 2.89 bits per heavy atom. The molecule has 0 aliphatic carbocycles. The molecule has 0 aromatic heterocycles. The molecule has 0 amide bonds. The maximum absolute atomic E-state index is 5.93. The van der Waals surface area contributed by atoms with Crippen molar-refractivity contribution in [3.8, 4) is 5.75 Å². The van der Waals surface area contributed by atoms with Crippen LogP contribution < -0.4 is 15.8 Å². The van der Waals surface area contributed by atoms with E-state index in [0.29, 0.717) is 6.54 Å². The van der Waals surface area contributed by atoms with E-state index < -0.39 is 0 Å². The monoisotopic (exact) mass is 262 g/mol. The fraction of sp³-hybridized carbons (Fsp3) is 0.500. The Morgan fingerprint density at radius 2 is 2.16 bits per heavy atom. The number of nitrogens with two attached hydrogens (primary N) is 1. The number of aryl methyl sites for hydroxylation is 1. The van der Waals surface area contributed by atoms with Crippen LogP contribution >= 0.6 is 0 Å². The van der Waals surface area contributed by atoms with E-state index in [0.717, 1.165) is 44.7 Å². The summed E-state index contributed by atoms with van der Waals surface area (Å²) in [6.07, 6.45) is 4.94. The van der Waals surface area contributed by atoms with Gasteiger partial charge in [0.15, 0.2) is 0 Å². The molecule has 0 unspecified atom stereocenters. The van der Waals surface area contributed by atoms with Crippen molar-refractivity contribution in [1.82, 2.24) is 5.32 Å². The van der Waals surface area contributed by atoms with Gasteiger partial charge in [0, 0.05) is 13.1 Å².